The van der Waals surface area contributed by atoms with Crippen molar-refractivity contribution in [2.24, 2.45) is 0 Å². The molecule has 1 unspecified atom stereocenters. The third-order valence-corrected chi connectivity index (χ3v) is 5.81. The minimum Gasteiger partial charge on any atom is -0.491 e. The summed E-state index contributed by atoms with van der Waals surface area (Å²) in [5, 5.41) is 0. The van der Waals surface area contributed by atoms with Gasteiger partial charge in [0.15, 0.2) is 0 Å². The third kappa shape index (κ3) is 4.25. The molecule has 0 bridgehead atoms. The summed E-state index contributed by atoms with van der Waals surface area (Å²) in [7, 11) is 0. The van der Waals surface area contributed by atoms with E-state index in [1.54, 1.807) is 0 Å². The molecule has 154 valence electrons. The van der Waals surface area contributed by atoms with Gasteiger partial charge in [-0.05, 0) is 76.1 Å². The van der Waals surface area contributed by atoms with Crippen LogP contribution in [0.4, 0.5) is 5.69 Å². The van der Waals surface area contributed by atoms with Gasteiger partial charge in [-0.1, -0.05) is 13.3 Å². The molecule has 1 atom stereocenters. The molecule has 1 fully saturated rings. The zero-order valence-corrected chi connectivity index (χ0v) is 17.8. The Labute approximate surface area is 173 Å². The number of pyridine rings is 1. The number of piperidine rings is 1. The van der Waals surface area contributed by atoms with Gasteiger partial charge in [0, 0.05) is 30.0 Å². The standard InChI is InChI=1S/C24H32N4O/c1-4-20-7-5-6-14-27(20)16-22-24(26-23-13-10-19(25)15-28(22)23)18-8-11-21(12-9-18)29-17(2)3/h8-13,15,17,20H,4-7,14,16,25H2,1-3H3. The SMILES string of the molecule is CCC1CCCCN1Cc1c(-c2ccc(OC(C)C)cc2)nc2ccc(N)cn12. The van der Waals surface area contributed by atoms with Gasteiger partial charge in [-0.3, -0.25) is 4.90 Å². The molecule has 1 aromatic carbocycles. The number of ether oxygens (including phenoxy) is 1. The van der Waals surface area contributed by atoms with Crippen LogP contribution < -0.4 is 10.5 Å². The fourth-order valence-electron chi connectivity index (χ4n) is 4.38. The van der Waals surface area contributed by atoms with Crippen LogP contribution in [0.25, 0.3) is 16.9 Å². The van der Waals surface area contributed by atoms with Crippen LogP contribution in [-0.4, -0.2) is 33.0 Å². The number of benzene rings is 1. The average Bonchev–Trinajstić information content (AvgIpc) is 3.06. The molecule has 3 aromatic rings. The second kappa shape index (κ2) is 8.46. The second-order valence-electron chi connectivity index (χ2n) is 8.32. The smallest absolute Gasteiger partial charge is 0.137 e. The van der Waals surface area contributed by atoms with Crippen molar-refractivity contribution in [3.63, 3.8) is 0 Å². The van der Waals surface area contributed by atoms with Crippen LogP contribution in [0.2, 0.25) is 0 Å². The number of anilines is 1. The van der Waals surface area contributed by atoms with E-state index in [1.165, 1.54) is 31.4 Å². The number of hydrogen-bond acceptors (Lipinski definition) is 4. The lowest BCUT2D eigenvalue weighted by atomic mass is 9.99. The van der Waals surface area contributed by atoms with E-state index in [4.69, 9.17) is 15.5 Å². The first-order chi connectivity index (χ1) is 14.0. The predicted octanol–water partition coefficient (Wildman–Crippen LogP) is 5.14. The highest BCUT2D eigenvalue weighted by atomic mass is 16.5. The van der Waals surface area contributed by atoms with Gasteiger partial charge in [0.05, 0.1) is 17.5 Å². The summed E-state index contributed by atoms with van der Waals surface area (Å²) in [6, 6.07) is 12.9. The van der Waals surface area contributed by atoms with Gasteiger partial charge in [-0.25, -0.2) is 4.98 Å². The van der Waals surface area contributed by atoms with Crippen molar-refractivity contribution in [1.82, 2.24) is 14.3 Å². The maximum atomic E-state index is 6.11. The molecular formula is C24H32N4O. The predicted molar refractivity (Wildman–Crippen MR) is 119 cm³/mol. The van der Waals surface area contributed by atoms with Crippen LogP contribution in [0, 0.1) is 0 Å². The van der Waals surface area contributed by atoms with Crippen LogP contribution >= 0.6 is 0 Å². The Bertz CT molecular complexity index is 961. The summed E-state index contributed by atoms with van der Waals surface area (Å²) >= 11 is 0. The zero-order chi connectivity index (χ0) is 20.4. The van der Waals surface area contributed by atoms with Crippen LogP contribution in [0.15, 0.2) is 42.6 Å². The fourth-order valence-corrected chi connectivity index (χ4v) is 4.38. The van der Waals surface area contributed by atoms with E-state index < -0.39 is 0 Å². The van der Waals surface area contributed by atoms with E-state index in [2.05, 4.69) is 28.4 Å². The number of nitrogens with zero attached hydrogens (tertiary/aromatic N) is 3. The van der Waals surface area contributed by atoms with E-state index in [0.29, 0.717) is 6.04 Å². The number of likely N-dealkylation sites (tertiary alicyclic amines) is 1. The molecule has 0 radical (unpaired) electrons. The Balaban J connectivity index is 1.74. The molecular weight excluding hydrogens is 360 g/mol. The third-order valence-electron chi connectivity index (χ3n) is 5.81. The number of aromatic nitrogens is 2. The van der Waals surface area contributed by atoms with E-state index in [-0.39, 0.29) is 6.10 Å². The van der Waals surface area contributed by atoms with Crippen molar-refractivity contribution >= 4 is 11.3 Å². The van der Waals surface area contributed by atoms with Crippen molar-refractivity contribution in [1.29, 1.82) is 0 Å². The van der Waals surface area contributed by atoms with Gasteiger partial charge >= 0.3 is 0 Å². The van der Waals surface area contributed by atoms with Gasteiger partial charge in [0.25, 0.3) is 0 Å². The summed E-state index contributed by atoms with van der Waals surface area (Å²) in [5.74, 6) is 0.889. The van der Waals surface area contributed by atoms with Crippen molar-refractivity contribution in [3.8, 4) is 17.0 Å². The number of nitrogen functional groups attached to an aromatic ring is 1. The molecule has 29 heavy (non-hydrogen) atoms. The molecule has 1 aliphatic heterocycles. The number of hydrogen-bond donors (Lipinski definition) is 1. The van der Waals surface area contributed by atoms with Crippen molar-refractivity contribution in [2.45, 2.75) is 65.1 Å². The van der Waals surface area contributed by atoms with Crippen molar-refractivity contribution < 1.29 is 4.74 Å². The number of nitrogens with two attached hydrogens (primary N) is 1. The first-order valence-electron chi connectivity index (χ1n) is 10.8. The lowest BCUT2D eigenvalue weighted by molar-refractivity contribution is 0.134. The molecule has 0 amide bonds. The lowest BCUT2D eigenvalue weighted by Gasteiger charge is -2.35. The summed E-state index contributed by atoms with van der Waals surface area (Å²) < 4.78 is 7.98. The molecule has 3 heterocycles. The van der Waals surface area contributed by atoms with Crippen LogP contribution in [0.5, 0.6) is 5.75 Å². The molecule has 2 N–H and O–H groups in total. The summed E-state index contributed by atoms with van der Waals surface area (Å²) in [5.41, 5.74) is 11.2. The van der Waals surface area contributed by atoms with E-state index in [1.807, 2.05) is 44.3 Å². The largest absolute Gasteiger partial charge is 0.491 e. The average molecular weight is 393 g/mol. The van der Waals surface area contributed by atoms with E-state index in [9.17, 15) is 0 Å². The Hall–Kier alpha value is -2.53. The molecule has 5 heteroatoms. The minimum absolute atomic E-state index is 0.166. The van der Waals surface area contributed by atoms with Gasteiger partial charge in [0.1, 0.15) is 11.4 Å². The Morgan fingerprint density at radius 1 is 1.14 bits per heavy atom. The molecule has 1 saturated heterocycles. The quantitative estimate of drug-likeness (QED) is 0.631. The monoisotopic (exact) mass is 392 g/mol. The number of rotatable bonds is 6. The summed E-state index contributed by atoms with van der Waals surface area (Å²) in [6.07, 6.45) is 7.24. The highest BCUT2D eigenvalue weighted by molar-refractivity contribution is 5.68. The normalized spacial score (nSPS) is 17.9. The Morgan fingerprint density at radius 3 is 2.66 bits per heavy atom. The molecule has 5 nitrogen and oxygen atoms in total. The Morgan fingerprint density at radius 2 is 1.93 bits per heavy atom. The lowest BCUT2D eigenvalue weighted by Crippen LogP contribution is -2.38. The zero-order valence-electron chi connectivity index (χ0n) is 17.8. The van der Waals surface area contributed by atoms with Crippen molar-refractivity contribution in [3.05, 3.63) is 48.3 Å². The molecule has 0 saturated carbocycles. The number of fused-ring (bicyclic) bond motifs is 1. The maximum Gasteiger partial charge on any atom is 0.137 e. The molecule has 4 rings (SSSR count). The minimum atomic E-state index is 0.166. The second-order valence-corrected chi connectivity index (χ2v) is 8.32. The summed E-state index contributed by atoms with van der Waals surface area (Å²) in [4.78, 5) is 7.59. The molecule has 0 aliphatic carbocycles. The van der Waals surface area contributed by atoms with Crippen LogP contribution in [0.3, 0.4) is 0 Å². The van der Waals surface area contributed by atoms with E-state index >= 15 is 0 Å². The summed E-state index contributed by atoms with van der Waals surface area (Å²) in [6.45, 7) is 8.42. The first-order valence-corrected chi connectivity index (χ1v) is 10.8. The highest BCUT2D eigenvalue weighted by Crippen LogP contribution is 2.30. The molecule has 2 aromatic heterocycles. The van der Waals surface area contributed by atoms with Gasteiger partial charge in [0.2, 0.25) is 0 Å². The maximum absolute atomic E-state index is 6.11. The van der Waals surface area contributed by atoms with Crippen LogP contribution in [-0.2, 0) is 6.54 Å². The molecule has 1 aliphatic rings. The van der Waals surface area contributed by atoms with Gasteiger partial charge in [-0.15, -0.1) is 0 Å². The highest BCUT2D eigenvalue weighted by Gasteiger charge is 2.24. The molecule has 0 spiro atoms. The fraction of sp³-hybridized carbons (Fsp3) is 0.458. The van der Waals surface area contributed by atoms with Gasteiger partial charge < -0.3 is 14.9 Å². The Kier molecular flexibility index (Phi) is 5.76. The first kappa shape index (κ1) is 19.8. The van der Waals surface area contributed by atoms with E-state index in [0.717, 1.165) is 41.4 Å². The topological polar surface area (TPSA) is 55.8 Å². The number of imidazole rings is 1. The van der Waals surface area contributed by atoms with Crippen LogP contribution in [0.1, 0.15) is 52.1 Å². The van der Waals surface area contributed by atoms with Crippen molar-refractivity contribution in [2.75, 3.05) is 12.3 Å². The van der Waals surface area contributed by atoms with Gasteiger partial charge in [-0.2, -0.15) is 0 Å².